The molecule has 0 radical (unpaired) electrons. The second kappa shape index (κ2) is 5.85. The molecule has 1 rings (SSSR count). The summed E-state index contributed by atoms with van der Waals surface area (Å²) in [5.41, 5.74) is 2.38. The zero-order chi connectivity index (χ0) is 12.1. The summed E-state index contributed by atoms with van der Waals surface area (Å²) in [6.07, 6.45) is 0. The Morgan fingerprint density at radius 2 is 1.62 bits per heavy atom. The molecule has 0 aliphatic carbocycles. The van der Waals surface area contributed by atoms with Crippen molar-refractivity contribution in [3.8, 4) is 5.75 Å². The summed E-state index contributed by atoms with van der Waals surface area (Å²) in [5.74, 6) is 0.828. The SMILES string of the molecule is CCN(CC)C(=S)Oc1cc(C)cc(C)c1. The highest BCUT2D eigenvalue weighted by Crippen LogP contribution is 2.17. The van der Waals surface area contributed by atoms with Gasteiger partial charge in [-0.3, -0.25) is 0 Å². The van der Waals surface area contributed by atoms with Crippen LogP contribution < -0.4 is 4.74 Å². The summed E-state index contributed by atoms with van der Waals surface area (Å²) >= 11 is 5.25. The first-order chi connectivity index (χ1) is 7.56. The Morgan fingerprint density at radius 1 is 1.12 bits per heavy atom. The molecule has 0 heterocycles. The molecule has 3 heteroatoms. The van der Waals surface area contributed by atoms with Crippen LogP contribution >= 0.6 is 12.2 Å². The van der Waals surface area contributed by atoms with E-state index in [0.717, 1.165) is 18.8 Å². The Kier molecular flexibility index (Phi) is 4.74. The molecule has 0 atom stereocenters. The molecule has 1 aromatic rings. The topological polar surface area (TPSA) is 12.5 Å². The summed E-state index contributed by atoms with van der Waals surface area (Å²) in [6, 6.07) is 6.12. The van der Waals surface area contributed by atoms with Gasteiger partial charge in [-0.2, -0.15) is 0 Å². The van der Waals surface area contributed by atoms with Crippen molar-refractivity contribution in [2.45, 2.75) is 27.7 Å². The van der Waals surface area contributed by atoms with Gasteiger partial charge in [0.15, 0.2) is 0 Å². The lowest BCUT2D eigenvalue weighted by atomic mass is 10.1. The van der Waals surface area contributed by atoms with E-state index in [9.17, 15) is 0 Å². The van der Waals surface area contributed by atoms with Gasteiger partial charge in [-0.1, -0.05) is 6.07 Å². The standard InChI is InChI=1S/C13H19NOS/c1-5-14(6-2)13(16)15-12-8-10(3)7-11(4)9-12/h7-9H,5-6H2,1-4H3. The van der Waals surface area contributed by atoms with Crippen LogP contribution in [-0.4, -0.2) is 23.2 Å². The van der Waals surface area contributed by atoms with Crippen LogP contribution in [0.5, 0.6) is 5.75 Å². The molecule has 0 saturated carbocycles. The lowest BCUT2D eigenvalue weighted by Crippen LogP contribution is -2.32. The van der Waals surface area contributed by atoms with Crippen LogP contribution in [0.25, 0.3) is 0 Å². The highest BCUT2D eigenvalue weighted by atomic mass is 32.1. The fourth-order valence-electron chi connectivity index (χ4n) is 1.64. The Morgan fingerprint density at radius 3 is 2.06 bits per heavy atom. The smallest absolute Gasteiger partial charge is 0.264 e. The largest absolute Gasteiger partial charge is 0.432 e. The monoisotopic (exact) mass is 237 g/mol. The molecule has 0 aromatic heterocycles. The van der Waals surface area contributed by atoms with Crippen molar-refractivity contribution < 1.29 is 4.74 Å². The third-order valence-electron chi connectivity index (χ3n) is 2.42. The van der Waals surface area contributed by atoms with E-state index in [1.165, 1.54) is 11.1 Å². The number of ether oxygens (including phenoxy) is 1. The van der Waals surface area contributed by atoms with Gasteiger partial charge in [0.25, 0.3) is 5.17 Å². The maximum Gasteiger partial charge on any atom is 0.264 e. The summed E-state index contributed by atoms with van der Waals surface area (Å²) in [4.78, 5) is 2.02. The maximum atomic E-state index is 5.68. The van der Waals surface area contributed by atoms with Crippen LogP contribution in [0.1, 0.15) is 25.0 Å². The van der Waals surface area contributed by atoms with E-state index < -0.39 is 0 Å². The van der Waals surface area contributed by atoms with Crippen LogP contribution in [-0.2, 0) is 0 Å². The summed E-state index contributed by atoms with van der Waals surface area (Å²) < 4.78 is 5.68. The zero-order valence-electron chi connectivity index (χ0n) is 10.4. The lowest BCUT2D eigenvalue weighted by molar-refractivity contribution is 0.378. The van der Waals surface area contributed by atoms with E-state index in [1.54, 1.807) is 0 Å². The predicted octanol–water partition coefficient (Wildman–Crippen LogP) is 3.31. The molecule has 16 heavy (non-hydrogen) atoms. The maximum absolute atomic E-state index is 5.68. The van der Waals surface area contributed by atoms with Gasteiger partial charge in [-0.15, -0.1) is 0 Å². The molecule has 0 aliphatic heterocycles. The van der Waals surface area contributed by atoms with E-state index in [2.05, 4.69) is 33.8 Å². The number of hydrogen-bond donors (Lipinski definition) is 0. The minimum Gasteiger partial charge on any atom is -0.432 e. The average Bonchev–Trinajstić information content (AvgIpc) is 2.17. The van der Waals surface area contributed by atoms with E-state index in [1.807, 2.05) is 17.0 Å². The molecule has 0 aliphatic rings. The Bertz CT molecular complexity index is 352. The number of rotatable bonds is 3. The first-order valence-electron chi connectivity index (χ1n) is 5.61. The van der Waals surface area contributed by atoms with E-state index in [0.29, 0.717) is 5.17 Å². The molecule has 0 bridgehead atoms. The van der Waals surface area contributed by atoms with Gasteiger partial charge >= 0.3 is 0 Å². The Hall–Kier alpha value is -1.09. The molecule has 0 spiro atoms. The van der Waals surface area contributed by atoms with Gasteiger partial charge in [0.05, 0.1) is 0 Å². The molecule has 2 nitrogen and oxygen atoms in total. The molecule has 0 unspecified atom stereocenters. The van der Waals surface area contributed by atoms with Crippen molar-refractivity contribution in [1.29, 1.82) is 0 Å². The minimum atomic E-state index is 0.551. The summed E-state index contributed by atoms with van der Waals surface area (Å²) in [7, 11) is 0. The predicted molar refractivity (Wildman–Crippen MR) is 72.1 cm³/mol. The van der Waals surface area contributed by atoms with Crippen LogP contribution in [0.3, 0.4) is 0 Å². The van der Waals surface area contributed by atoms with Crippen molar-refractivity contribution in [1.82, 2.24) is 4.90 Å². The Labute approximate surface area is 103 Å². The zero-order valence-corrected chi connectivity index (χ0v) is 11.2. The molecule has 0 N–H and O–H groups in total. The lowest BCUT2D eigenvalue weighted by Gasteiger charge is -2.21. The van der Waals surface area contributed by atoms with Gasteiger partial charge in [-0.05, 0) is 63.2 Å². The van der Waals surface area contributed by atoms with Crippen molar-refractivity contribution in [3.63, 3.8) is 0 Å². The van der Waals surface area contributed by atoms with Crippen LogP contribution in [0.2, 0.25) is 0 Å². The molecule has 0 amide bonds. The molecular weight excluding hydrogens is 218 g/mol. The van der Waals surface area contributed by atoms with Gasteiger partial charge < -0.3 is 9.64 Å². The number of hydrogen-bond acceptors (Lipinski definition) is 2. The highest BCUT2D eigenvalue weighted by Gasteiger charge is 2.07. The van der Waals surface area contributed by atoms with Crippen molar-refractivity contribution in [2.75, 3.05) is 13.1 Å². The molecular formula is C13H19NOS. The van der Waals surface area contributed by atoms with E-state index >= 15 is 0 Å². The van der Waals surface area contributed by atoms with Crippen LogP contribution in [0.4, 0.5) is 0 Å². The molecule has 1 aromatic carbocycles. The number of aryl methyl sites for hydroxylation is 2. The molecule has 88 valence electrons. The first kappa shape index (κ1) is 13.0. The number of thiocarbonyl (C=S) groups is 1. The Balaban J connectivity index is 2.76. The second-order valence-corrected chi connectivity index (χ2v) is 4.21. The van der Waals surface area contributed by atoms with Crippen LogP contribution in [0, 0.1) is 13.8 Å². The number of benzene rings is 1. The number of nitrogens with zero attached hydrogens (tertiary/aromatic N) is 1. The van der Waals surface area contributed by atoms with Crippen molar-refractivity contribution >= 4 is 17.4 Å². The highest BCUT2D eigenvalue weighted by molar-refractivity contribution is 7.80. The second-order valence-electron chi connectivity index (χ2n) is 3.86. The fourth-order valence-corrected chi connectivity index (χ4v) is 1.99. The summed E-state index contributed by atoms with van der Waals surface area (Å²) in [6.45, 7) is 10.0. The van der Waals surface area contributed by atoms with Gasteiger partial charge in [0.1, 0.15) is 5.75 Å². The first-order valence-corrected chi connectivity index (χ1v) is 6.02. The molecule has 0 saturated heterocycles. The fraction of sp³-hybridized carbons (Fsp3) is 0.462. The summed E-state index contributed by atoms with van der Waals surface area (Å²) in [5, 5.41) is 0.551. The third kappa shape index (κ3) is 3.49. The molecule has 0 fully saturated rings. The van der Waals surface area contributed by atoms with Gasteiger partial charge in [-0.25, -0.2) is 0 Å². The average molecular weight is 237 g/mol. The van der Waals surface area contributed by atoms with Gasteiger partial charge in [0.2, 0.25) is 0 Å². The third-order valence-corrected chi connectivity index (χ3v) is 2.76. The van der Waals surface area contributed by atoms with Gasteiger partial charge in [0, 0.05) is 13.1 Å². The van der Waals surface area contributed by atoms with E-state index in [-0.39, 0.29) is 0 Å². The quantitative estimate of drug-likeness (QED) is 0.748. The normalized spacial score (nSPS) is 10.0. The van der Waals surface area contributed by atoms with E-state index in [4.69, 9.17) is 17.0 Å². The minimum absolute atomic E-state index is 0.551. The van der Waals surface area contributed by atoms with Crippen molar-refractivity contribution in [2.24, 2.45) is 0 Å². The van der Waals surface area contributed by atoms with Crippen molar-refractivity contribution in [3.05, 3.63) is 29.3 Å². The van der Waals surface area contributed by atoms with Crippen LogP contribution in [0.15, 0.2) is 18.2 Å².